The summed E-state index contributed by atoms with van der Waals surface area (Å²) in [5, 5.41) is 3.55. The van der Waals surface area contributed by atoms with Crippen LogP contribution in [0.25, 0.3) is 0 Å². The van der Waals surface area contributed by atoms with Gasteiger partial charge >= 0.3 is 0 Å². The van der Waals surface area contributed by atoms with Crippen molar-refractivity contribution in [2.24, 2.45) is 0 Å². The maximum absolute atomic E-state index is 5.47. The van der Waals surface area contributed by atoms with Crippen LogP contribution in [-0.4, -0.2) is 13.1 Å². The highest BCUT2D eigenvalue weighted by Crippen LogP contribution is 2.43. The van der Waals surface area contributed by atoms with Crippen molar-refractivity contribution in [3.8, 4) is 12.3 Å². The van der Waals surface area contributed by atoms with E-state index in [1.165, 1.54) is 37.7 Å². The normalized spacial score (nSPS) is 19.6. The van der Waals surface area contributed by atoms with Gasteiger partial charge in [0.2, 0.25) is 0 Å². The molecule has 0 saturated heterocycles. The highest BCUT2D eigenvalue weighted by Gasteiger charge is 2.39. The van der Waals surface area contributed by atoms with E-state index in [1.807, 2.05) is 0 Å². The maximum atomic E-state index is 5.47. The standard InChI is InChI=1S/C18H25N/c1-3-4-13-17(19-2)18(14-9-6-10-15-18)16-11-7-5-8-12-16/h1,5,7-8,11-12,17,19H,4,6,9-10,13-15H2,2H3. The molecule has 1 aromatic carbocycles. The number of nitrogens with one attached hydrogen (secondary N) is 1. The van der Waals surface area contributed by atoms with E-state index in [4.69, 9.17) is 6.42 Å². The molecule has 0 spiro atoms. The van der Waals surface area contributed by atoms with Gasteiger partial charge in [0.25, 0.3) is 0 Å². The summed E-state index contributed by atoms with van der Waals surface area (Å²) in [6.45, 7) is 0. The summed E-state index contributed by atoms with van der Waals surface area (Å²) in [6.07, 6.45) is 14.0. The number of benzene rings is 1. The van der Waals surface area contributed by atoms with Crippen molar-refractivity contribution in [1.82, 2.24) is 5.32 Å². The maximum Gasteiger partial charge on any atom is 0.0170 e. The van der Waals surface area contributed by atoms with Crippen LogP contribution in [0.2, 0.25) is 0 Å². The van der Waals surface area contributed by atoms with E-state index in [2.05, 4.69) is 48.6 Å². The fourth-order valence-corrected chi connectivity index (χ4v) is 3.72. The predicted molar refractivity (Wildman–Crippen MR) is 82.1 cm³/mol. The van der Waals surface area contributed by atoms with Gasteiger partial charge in [-0.05, 0) is 31.9 Å². The van der Waals surface area contributed by atoms with Gasteiger partial charge in [0.05, 0.1) is 0 Å². The fraction of sp³-hybridized carbons (Fsp3) is 0.556. The van der Waals surface area contributed by atoms with Gasteiger partial charge in [-0.3, -0.25) is 0 Å². The van der Waals surface area contributed by atoms with Crippen LogP contribution in [0, 0.1) is 12.3 Å². The molecule has 0 heterocycles. The Hall–Kier alpha value is -1.26. The molecular formula is C18H25N. The Labute approximate surface area is 117 Å². The van der Waals surface area contributed by atoms with Crippen molar-refractivity contribution in [1.29, 1.82) is 0 Å². The Bertz CT molecular complexity index is 409. The van der Waals surface area contributed by atoms with Crippen molar-refractivity contribution in [3.63, 3.8) is 0 Å². The molecule has 1 heteroatoms. The molecule has 102 valence electrons. The minimum absolute atomic E-state index is 0.283. The third-order valence-electron chi connectivity index (χ3n) is 4.69. The molecule has 1 unspecified atom stereocenters. The van der Waals surface area contributed by atoms with E-state index in [-0.39, 0.29) is 5.41 Å². The number of likely N-dealkylation sites (N-methyl/N-ethyl adjacent to an activating group) is 1. The van der Waals surface area contributed by atoms with Gasteiger partial charge in [0.15, 0.2) is 0 Å². The molecule has 0 bridgehead atoms. The van der Waals surface area contributed by atoms with Gasteiger partial charge in [-0.15, -0.1) is 12.3 Å². The van der Waals surface area contributed by atoms with Crippen molar-refractivity contribution < 1.29 is 0 Å². The minimum atomic E-state index is 0.283. The van der Waals surface area contributed by atoms with Gasteiger partial charge in [0, 0.05) is 17.9 Å². The number of rotatable bonds is 5. The number of hydrogen-bond donors (Lipinski definition) is 1. The van der Waals surface area contributed by atoms with Gasteiger partial charge in [-0.2, -0.15) is 0 Å². The van der Waals surface area contributed by atoms with Gasteiger partial charge in [0.1, 0.15) is 0 Å². The average Bonchev–Trinajstić information content (AvgIpc) is 2.50. The molecule has 2 rings (SSSR count). The summed E-state index contributed by atoms with van der Waals surface area (Å²) in [7, 11) is 2.08. The van der Waals surface area contributed by atoms with E-state index >= 15 is 0 Å². The van der Waals surface area contributed by atoms with E-state index in [9.17, 15) is 0 Å². The summed E-state index contributed by atoms with van der Waals surface area (Å²) < 4.78 is 0. The topological polar surface area (TPSA) is 12.0 Å². The molecule has 1 saturated carbocycles. The van der Waals surface area contributed by atoms with Crippen LogP contribution in [0.4, 0.5) is 0 Å². The number of hydrogen-bond acceptors (Lipinski definition) is 1. The highest BCUT2D eigenvalue weighted by atomic mass is 14.9. The Morgan fingerprint density at radius 3 is 2.47 bits per heavy atom. The molecule has 1 atom stereocenters. The zero-order chi connectivity index (χ0) is 13.6. The molecular weight excluding hydrogens is 230 g/mol. The number of terminal acetylenes is 1. The van der Waals surface area contributed by atoms with Crippen molar-refractivity contribution >= 4 is 0 Å². The van der Waals surface area contributed by atoms with Gasteiger partial charge < -0.3 is 5.32 Å². The zero-order valence-electron chi connectivity index (χ0n) is 12.0. The summed E-state index contributed by atoms with van der Waals surface area (Å²) in [6, 6.07) is 11.5. The van der Waals surface area contributed by atoms with E-state index in [0.29, 0.717) is 6.04 Å². The van der Waals surface area contributed by atoms with Crippen molar-refractivity contribution in [2.45, 2.75) is 56.4 Å². The lowest BCUT2D eigenvalue weighted by atomic mass is 9.64. The van der Waals surface area contributed by atoms with Gasteiger partial charge in [-0.25, -0.2) is 0 Å². The molecule has 0 aliphatic heterocycles. The zero-order valence-corrected chi connectivity index (χ0v) is 12.0. The first kappa shape index (κ1) is 14.2. The van der Waals surface area contributed by atoms with Crippen LogP contribution in [0.15, 0.2) is 30.3 Å². The van der Waals surface area contributed by atoms with E-state index in [1.54, 1.807) is 0 Å². The summed E-state index contributed by atoms with van der Waals surface area (Å²) >= 11 is 0. The molecule has 1 aliphatic rings. The van der Waals surface area contributed by atoms with Crippen molar-refractivity contribution in [2.75, 3.05) is 7.05 Å². The Morgan fingerprint density at radius 2 is 1.89 bits per heavy atom. The summed E-state index contributed by atoms with van der Waals surface area (Å²) in [5.41, 5.74) is 1.77. The van der Waals surface area contributed by atoms with Crippen LogP contribution in [0.5, 0.6) is 0 Å². The molecule has 1 fully saturated rings. The second-order valence-corrected chi connectivity index (χ2v) is 5.67. The van der Waals surface area contributed by atoms with Crippen LogP contribution in [0.3, 0.4) is 0 Å². The van der Waals surface area contributed by atoms with E-state index < -0.39 is 0 Å². The first-order valence-corrected chi connectivity index (χ1v) is 7.50. The Kier molecular flexibility index (Phi) is 5.05. The lowest BCUT2D eigenvalue weighted by Crippen LogP contribution is -2.48. The molecule has 19 heavy (non-hydrogen) atoms. The third-order valence-corrected chi connectivity index (χ3v) is 4.69. The Balaban J connectivity index is 2.31. The van der Waals surface area contributed by atoms with Crippen LogP contribution >= 0.6 is 0 Å². The first-order valence-electron chi connectivity index (χ1n) is 7.50. The third kappa shape index (κ3) is 3.01. The molecule has 0 aromatic heterocycles. The highest BCUT2D eigenvalue weighted by molar-refractivity contribution is 5.28. The van der Waals surface area contributed by atoms with Crippen LogP contribution < -0.4 is 5.32 Å². The molecule has 0 amide bonds. The first-order chi connectivity index (χ1) is 9.33. The van der Waals surface area contributed by atoms with Crippen molar-refractivity contribution in [3.05, 3.63) is 35.9 Å². The molecule has 0 radical (unpaired) electrons. The molecule has 1 aliphatic carbocycles. The monoisotopic (exact) mass is 255 g/mol. The largest absolute Gasteiger partial charge is 0.316 e. The van der Waals surface area contributed by atoms with Crippen LogP contribution in [0.1, 0.15) is 50.5 Å². The SMILES string of the molecule is C#CCCC(NC)C1(c2ccccc2)CCCCC1. The second kappa shape index (κ2) is 6.78. The lowest BCUT2D eigenvalue weighted by Gasteiger charge is -2.44. The minimum Gasteiger partial charge on any atom is -0.316 e. The fourth-order valence-electron chi connectivity index (χ4n) is 3.72. The lowest BCUT2D eigenvalue weighted by molar-refractivity contribution is 0.212. The predicted octanol–water partition coefficient (Wildman–Crippen LogP) is 3.89. The summed E-state index contributed by atoms with van der Waals surface area (Å²) in [5.74, 6) is 2.80. The molecule has 1 N–H and O–H groups in total. The quantitative estimate of drug-likeness (QED) is 0.787. The average molecular weight is 255 g/mol. The molecule has 1 nitrogen and oxygen atoms in total. The van der Waals surface area contributed by atoms with Gasteiger partial charge in [-0.1, -0.05) is 49.6 Å². The smallest absolute Gasteiger partial charge is 0.0170 e. The Morgan fingerprint density at radius 1 is 1.21 bits per heavy atom. The van der Waals surface area contributed by atoms with Crippen LogP contribution in [-0.2, 0) is 5.41 Å². The second-order valence-electron chi connectivity index (χ2n) is 5.67. The summed E-state index contributed by atoms with van der Waals surface area (Å²) in [4.78, 5) is 0. The molecule has 1 aromatic rings. The van der Waals surface area contributed by atoms with E-state index in [0.717, 1.165) is 12.8 Å².